The Morgan fingerprint density at radius 3 is 2.93 bits per heavy atom. The van der Waals surface area contributed by atoms with E-state index in [0.717, 1.165) is 23.7 Å². The first-order valence-corrected chi connectivity index (χ1v) is 5.53. The Bertz CT molecular complexity index is 291. The summed E-state index contributed by atoms with van der Waals surface area (Å²) < 4.78 is 4.94. The summed E-state index contributed by atoms with van der Waals surface area (Å²) in [6.45, 7) is 0.762. The van der Waals surface area contributed by atoms with Crippen LogP contribution in [-0.2, 0) is 10.5 Å². The number of methoxy groups -OCH3 is 1. The fourth-order valence-electron chi connectivity index (χ4n) is 1.03. The van der Waals surface area contributed by atoms with Gasteiger partial charge in [-0.15, -0.1) is 0 Å². The number of anilines is 1. The second-order valence-electron chi connectivity index (χ2n) is 2.94. The maximum Gasteiger partial charge on any atom is 0.138 e. The van der Waals surface area contributed by atoms with Gasteiger partial charge in [0.05, 0.1) is 12.3 Å². The van der Waals surface area contributed by atoms with Gasteiger partial charge in [-0.05, 0) is 17.7 Å². The van der Waals surface area contributed by atoms with Crippen molar-refractivity contribution in [3.05, 3.63) is 23.8 Å². The van der Waals surface area contributed by atoms with Gasteiger partial charge in [-0.1, -0.05) is 6.07 Å². The zero-order valence-corrected chi connectivity index (χ0v) is 9.01. The van der Waals surface area contributed by atoms with Crippen molar-refractivity contribution in [2.45, 2.75) is 5.75 Å². The Balaban J connectivity index is 2.39. The van der Waals surface area contributed by atoms with Gasteiger partial charge in [0.1, 0.15) is 5.75 Å². The molecule has 0 spiro atoms. The van der Waals surface area contributed by atoms with E-state index in [1.807, 2.05) is 6.07 Å². The van der Waals surface area contributed by atoms with Crippen molar-refractivity contribution in [2.75, 3.05) is 25.2 Å². The third-order valence-electron chi connectivity index (χ3n) is 1.79. The molecule has 0 aliphatic carbocycles. The number of phenolic OH excluding ortho intramolecular Hbond substituents is 1. The van der Waals surface area contributed by atoms with Crippen LogP contribution in [-0.4, -0.2) is 24.6 Å². The minimum atomic E-state index is 0.149. The molecule has 0 saturated heterocycles. The molecule has 0 aliphatic rings. The van der Waals surface area contributed by atoms with Gasteiger partial charge in [-0.2, -0.15) is 11.8 Å². The first kappa shape index (κ1) is 11.2. The van der Waals surface area contributed by atoms with Crippen LogP contribution in [0.5, 0.6) is 5.75 Å². The van der Waals surface area contributed by atoms with Crippen molar-refractivity contribution < 1.29 is 9.84 Å². The molecule has 1 rings (SSSR count). The van der Waals surface area contributed by atoms with Crippen LogP contribution in [0, 0.1) is 0 Å². The molecule has 0 aromatic heterocycles. The van der Waals surface area contributed by atoms with Crippen molar-refractivity contribution in [1.29, 1.82) is 0 Å². The van der Waals surface area contributed by atoms with E-state index in [0.29, 0.717) is 5.69 Å². The van der Waals surface area contributed by atoms with Crippen LogP contribution < -0.4 is 5.73 Å². The van der Waals surface area contributed by atoms with E-state index in [1.54, 1.807) is 31.0 Å². The Morgan fingerprint density at radius 2 is 2.29 bits per heavy atom. The number of nitrogens with two attached hydrogens (primary N) is 1. The van der Waals surface area contributed by atoms with E-state index in [2.05, 4.69) is 0 Å². The SMILES string of the molecule is COCCSCc1ccc(O)c(N)c1. The lowest BCUT2D eigenvalue weighted by Crippen LogP contribution is -1.93. The van der Waals surface area contributed by atoms with Crippen molar-refractivity contribution in [3.8, 4) is 5.75 Å². The molecular formula is C10H15NO2S. The maximum atomic E-state index is 9.20. The summed E-state index contributed by atoms with van der Waals surface area (Å²) in [5.74, 6) is 2.01. The second kappa shape index (κ2) is 5.78. The molecule has 3 N–H and O–H groups in total. The fourth-order valence-corrected chi connectivity index (χ4v) is 1.87. The predicted molar refractivity (Wildman–Crippen MR) is 60.6 cm³/mol. The van der Waals surface area contributed by atoms with Gasteiger partial charge < -0.3 is 15.6 Å². The molecule has 3 nitrogen and oxygen atoms in total. The molecular weight excluding hydrogens is 198 g/mol. The minimum Gasteiger partial charge on any atom is -0.506 e. The largest absolute Gasteiger partial charge is 0.506 e. The third-order valence-corrected chi connectivity index (χ3v) is 2.79. The molecule has 0 heterocycles. The monoisotopic (exact) mass is 213 g/mol. The number of nitrogen functional groups attached to an aromatic ring is 1. The van der Waals surface area contributed by atoms with E-state index in [9.17, 15) is 5.11 Å². The zero-order chi connectivity index (χ0) is 10.4. The summed E-state index contributed by atoms with van der Waals surface area (Å²) in [7, 11) is 1.69. The van der Waals surface area contributed by atoms with Crippen molar-refractivity contribution >= 4 is 17.4 Å². The van der Waals surface area contributed by atoms with Crippen LogP contribution in [0.2, 0.25) is 0 Å². The summed E-state index contributed by atoms with van der Waals surface area (Å²) in [6.07, 6.45) is 0. The number of benzene rings is 1. The smallest absolute Gasteiger partial charge is 0.138 e. The molecule has 0 radical (unpaired) electrons. The molecule has 1 aromatic rings. The molecule has 0 amide bonds. The maximum absolute atomic E-state index is 9.20. The van der Waals surface area contributed by atoms with Gasteiger partial charge in [0, 0.05) is 18.6 Å². The lowest BCUT2D eigenvalue weighted by atomic mass is 10.2. The van der Waals surface area contributed by atoms with Crippen LogP contribution in [0.3, 0.4) is 0 Å². The zero-order valence-electron chi connectivity index (χ0n) is 8.19. The van der Waals surface area contributed by atoms with Crippen LogP contribution >= 0.6 is 11.8 Å². The van der Waals surface area contributed by atoms with Gasteiger partial charge in [-0.25, -0.2) is 0 Å². The molecule has 78 valence electrons. The fraction of sp³-hybridized carbons (Fsp3) is 0.400. The Hall–Kier alpha value is -0.870. The van der Waals surface area contributed by atoms with E-state index >= 15 is 0 Å². The van der Waals surface area contributed by atoms with Gasteiger partial charge in [0.25, 0.3) is 0 Å². The summed E-state index contributed by atoms with van der Waals surface area (Å²) in [4.78, 5) is 0. The quantitative estimate of drug-likeness (QED) is 0.445. The molecule has 0 fully saturated rings. The summed E-state index contributed by atoms with van der Waals surface area (Å²) in [5.41, 5.74) is 7.13. The molecule has 14 heavy (non-hydrogen) atoms. The van der Waals surface area contributed by atoms with E-state index in [1.165, 1.54) is 0 Å². The number of rotatable bonds is 5. The third kappa shape index (κ3) is 3.47. The normalized spacial score (nSPS) is 10.4. The van der Waals surface area contributed by atoms with Crippen LogP contribution in [0.15, 0.2) is 18.2 Å². The number of hydrogen-bond donors (Lipinski definition) is 2. The standard InChI is InChI=1S/C10H15NO2S/c1-13-4-5-14-7-8-2-3-10(12)9(11)6-8/h2-3,6,12H,4-5,7,11H2,1H3. The van der Waals surface area contributed by atoms with Crippen LogP contribution in [0.25, 0.3) is 0 Å². The number of aromatic hydroxyl groups is 1. The molecule has 1 aromatic carbocycles. The van der Waals surface area contributed by atoms with E-state index in [-0.39, 0.29) is 5.75 Å². The molecule has 0 saturated carbocycles. The highest BCUT2D eigenvalue weighted by Crippen LogP contribution is 2.22. The minimum absolute atomic E-state index is 0.149. The highest BCUT2D eigenvalue weighted by atomic mass is 32.2. The topological polar surface area (TPSA) is 55.5 Å². The van der Waals surface area contributed by atoms with Gasteiger partial charge in [0.2, 0.25) is 0 Å². The summed E-state index contributed by atoms with van der Waals surface area (Å²) >= 11 is 1.78. The van der Waals surface area contributed by atoms with Crippen molar-refractivity contribution in [2.24, 2.45) is 0 Å². The molecule has 0 atom stereocenters. The lowest BCUT2D eigenvalue weighted by Gasteiger charge is -2.04. The highest BCUT2D eigenvalue weighted by Gasteiger charge is 1.98. The Kier molecular flexibility index (Phi) is 4.62. The van der Waals surface area contributed by atoms with Crippen LogP contribution in [0.1, 0.15) is 5.56 Å². The number of thioether (sulfide) groups is 1. The number of ether oxygens (including phenoxy) is 1. The number of hydrogen-bond acceptors (Lipinski definition) is 4. The van der Waals surface area contributed by atoms with E-state index in [4.69, 9.17) is 10.5 Å². The van der Waals surface area contributed by atoms with Gasteiger partial charge >= 0.3 is 0 Å². The van der Waals surface area contributed by atoms with Crippen molar-refractivity contribution in [1.82, 2.24) is 0 Å². The Labute approximate surface area is 88.3 Å². The first-order chi connectivity index (χ1) is 6.74. The molecule has 0 bridgehead atoms. The van der Waals surface area contributed by atoms with E-state index < -0.39 is 0 Å². The second-order valence-corrected chi connectivity index (χ2v) is 4.04. The van der Waals surface area contributed by atoms with Gasteiger partial charge in [0.15, 0.2) is 0 Å². The predicted octanol–water partition coefficient (Wildman–Crippen LogP) is 1.85. The van der Waals surface area contributed by atoms with Gasteiger partial charge in [-0.3, -0.25) is 0 Å². The average Bonchev–Trinajstić information content (AvgIpc) is 2.18. The van der Waals surface area contributed by atoms with Crippen LogP contribution in [0.4, 0.5) is 5.69 Å². The average molecular weight is 213 g/mol. The highest BCUT2D eigenvalue weighted by molar-refractivity contribution is 7.98. The molecule has 0 aliphatic heterocycles. The molecule has 4 heteroatoms. The first-order valence-electron chi connectivity index (χ1n) is 4.38. The summed E-state index contributed by atoms with van der Waals surface area (Å²) in [5, 5.41) is 9.20. The number of phenols is 1. The van der Waals surface area contributed by atoms with Crippen molar-refractivity contribution in [3.63, 3.8) is 0 Å². The molecule has 0 unspecified atom stereocenters. The lowest BCUT2D eigenvalue weighted by molar-refractivity contribution is 0.218. The summed E-state index contributed by atoms with van der Waals surface area (Å²) in [6, 6.07) is 5.31. The Morgan fingerprint density at radius 1 is 1.50 bits per heavy atom.